The molecule has 3 aliphatic rings. The van der Waals surface area contributed by atoms with Gasteiger partial charge in [0.25, 0.3) is 11.5 Å². The number of piperidine rings is 1. The molecule has 0 spiro atoms. The Kier molecular flexibility index (Phi) is 4.31. The van der Waals surface area contributed by atoms with Gasteiger partial charge in [-0.3, -0.25) is 14.2 Å². The molecule has 5 heterocycles. The van der Waals surface area contributed by atoms with E-state index in [1.807, 2.05) is 11.5 Å². The standard InChI is InChI=1S/C20H26N4O2S/c1-11-16-19(23-15-5-3-2-4-8-24(15)20(16)26)27-17(11)18(25)22-14-9-12-6-7-13(10-14)21-12/h12-14,21H,2-10H2,1H3,(H,22,25). The van der Waals surface area contributed by atoms with Crippen LogP contribution in [0.2, 0.25) is 0 Å². The SMILES string of the molecule is Cc1c(C(=O)NC2CC3CCC(C2)N3)sc2nc3n(c(=O)c12)CCCCC3. The van der Waals surface area contributed by atoms with Gasteiger partial charge in [0, 0.05) is 31.1 Å². The normalized spacial score (nSPS) is 27.4. The summed E-state index contributed by atoms with van der Waals surface area (Å²) in [5.74, 6) is 0.842. The van der Waals surface area contributed by atoms with Crippen LogP contribution < -0.4 is 16.2 Å². The fraction of sp³-hybridized carbons (Fsp3) is 0.650. The molecule has 2 fully saturated rings. The summed E-state index contributed by atoms with van der Waals surface area (Å²) in [4.78, 5) is 32.2. The molecule has 5 rings (SSSR count). The summed E-state index contributed by atoms with van der Waals surface area (Å²) in [6.07, 6.45) is 8.52. The van der Waals surface area contributed by atoms with Gasteiger partial charge in [-0.25, -0.2) is 4.98 Å². The highest BCUT2D eigenvalue weighted by Crippen LogP contribution is 2.30. The maximum atomic E-state index is 13.1. The third-order valence-corrected chi connectivity index (χ3v) is 7.61. The van der Waals surface area contributed by atoms with E-state index in [2.05, 4.69) is 10.6 Å². The van der Waals surface area contributed by atoms with Crippen molar-refractivity contribution in [3.8, 4) is 0 Å². The summed E-state index contributed by atoms with van der Waals surface area (Å²) in [6.45, 7) is 2.64. The van der Waals surface area contributed by atoms with Crippen LogP contribution in [0, 0.1) is 6.92 Å². The van der Waals surface area contributed by atoms with E-state index in [1.165, 1.54) is 24.2 Å². The summed E-state index contributed by atoms with van der Waals surface area (Å²) >= 11 is 1.38. The molecule has 2 saturated heterocycles. The molecule has 2 aromatic rings. The summed E-state index contributed by atoms with van der Waals surface area (Å²) in [7, 11) is 0. The zero-order valence-electron chi connectivity index (χ0n) is 15.7. The molecule has 3 aliphatic heterocycles. The highest BCUT2D eigenvalue weighted by atomic mass is 32.1. The number of rotatable bonds is 2. The number of carbonyl (C=O) groups excluding carboxylic acids is 1. The number of fused-ring (bicyclic) bond motifs is 4. The first-order chi connectivity index (χ1) is 13.1. The van der Waals surface area contributed by atoms with Gasteiger partial charge in [-0.15, -0.1) is 11.3 Å². The zero-order valence-corrected chi connectivity index (χ0v) is 16.5. The number of nitrogens with zero attached hydrogens (tertiary/aromatic N) is 2. The molecule has 6 nitrogen and oxygen atoms in total. The van der Waals surface area contributed by atoms with Crippen molar-refractivity contribution in [2.45, 2.75) is 83.0 Å². The van der Waals surface area contributed by atoms with Crippen LogP contribution in [0.5, 0.6) is 0 Å². The Bertz CT molecular complexity index is 951. The lowest BCUT2D eigenvalue weighted by Crippen LogP contribution is -2.48. The molecule has 144 valence electrons. The lowest BCUT2D eigenvalue weighted by molar-refractivity contribution is 0.0927. The molecule has 2 N–H and O–H groups in total. The first-order valence-corrected chi connectivity index (χ1v) is 11.0. The third-order valence-electron chi connectivity index (χ3n) is 6.43. The van der Waals surface area contributed by atoms with E-state index < -0.39 is 0 Å². The molecule has 2 atom stereocenters. The van der Waals surface area contributed by atoms with Crippen molar-refractivity contribution < 1.29 is 4.79 Å². The summed E-state index contributed by atoms with van der Waals surface area (Å²) < 4.78 is 1.83. The second-order valence-corrected chi connectivity index (χ2v) is 9.31. The highest BCUT2D eigenvalue weighted by Gasteiger charge is 2.34. The van der Waals surface area contributed by atoms with Crippen molar-refractivity contribution in [2.75, 3.05) is 0 Å². The number of carbonyl (C=O) groups is 1. The minimum atomic E-state index is -0.0404. The van der Waals surface area contributed by atoms with Crippen LogP contribution in [0.4, 0.5) is 0 Å². The van der Waals surface area contributed by atoms with Crippen LogP contribution in [0.3, 0.4) is 0 Å². The van der Waals surface area contributed by atoms with Gasteiger partial charge in [-0.1, -0.05) is 6.42 Å². The van der Waals surface area contributed by atoms with Crippen molar-refractivity contribution in [2.24, 2.45) is 0 Å². The largest absolute Gasteiger partial charge is 0.348 e. The van der Waals surface area contributed by atoms with Crippen molar-refractivity contribution >= 4 is 27.5 Å². The molecular weight excluding hydrogens is 360 g/mol. The smallest absolute Gasteiger partial charge is 0.262 e. The van der Waals surface area contributed by atoms with Gasteiger partial charge in [0.1, 0.15) is 10.7 Å². The Morgan fingerprint density at radius 3 is 2.78 bits per heavy atom. The van der Waals surface area contributed by atoms with Gasteiger partial charge in [0.2, 0.25) is 0 Å². The molecule has 0 saturated carbocycles. The predicted octanol–water partition coefficient (Wildman–Crippen LogP) is 2.51. The molecule has 7 heteroatoms. The van der Waals surface area contributed by atoms with Gasteiger partial charge >= 0.3 is 0 Å². The van der Waals surface area contributed by atoms with Crippen molar-refractivity contribution in [1.29, 1.82) is 0 Å². The molecule has 0 aromatic carbocycles. The summed E-state index contributed by atoms with van der Waals surface area (Å²) in [5, 5.41) is 7.48. The fourth-order valence-electron chi connectivity index (χ4n) is 5.05. The number of hydrogen-bond donors (Lipinski definition) is 2. The van der Waals surface area contributed by atoms with E-state index in [0.717, 1.165) is 61.3 Å². The van der Waals surface area contributed by atoms with E-state index in [9.17, 15) is 9.59 Å². The van der Waals surface area contributed by atoms with Gasteiger partial charge in [-0.2, -0.15) is 0 Å². The van der Waals surface area contributed by atoms with Gasteiger partial charge in [0.15, 0.2) is 0 Å². The lowest BCUT2D eigenvalue weighted by Gasteiger charge is -2.29. The Balaban J connectivity index is 1.47. The minimum absolute atomic E-state index is 0.0320. The van der Waals surface area contributed by atoms with Crippen LogP contribution in [0.25, 0.3) is 10.2 Å². The van der Waals surface area contributed by atoms with Crippen molar-refractivity contribution in [3.63, 3.8) is 0 Å². The molecule has 27 heavy (non-hydrogen) atoms. The molecule has 0 aliphatic carbocycles. The summed E-state index contributed by atoms with van der Waals surface area (Å²) in [6, 6.07) is 1.31. The molecule has 2 bridgehead atoms. The third kappa shape index (κ3) is 3.01. The Morgan fingerprint density at radius 2 is 2.00 bits per heavy atom. The highest BCUT2D eigenvalue weighted by molar-refractivity contribution is 7.20. The van der Waals surface area contributed by atoms with Crippen LogP contribution in [0.1, 0.15) is 66.0 Å². The quantitative estimate of drug-likeness (QED) is 0.832. The number of hydrogen-bond acceptors (Lipinski definition) is 5. The molecule has 2 aromatic heterocycles. The minimum Gasteiger partial charge on any atom is -0.348 e. The van der Waals surface area contributed by atoms with Crippen LogP contribution in [-0.4, -0.2) is 33.6 Å². The molecule has 1 amide bonds. The number of thiophene rings is 1. The number of aromatic nitrogens is 2. The summed E-state index contributed by atoms with van der Waals surface area (Å²) in [5.41, 5.74) is 0.825. The van der Waals surface area contributed by atoms with E-state index >= 15 is 0 Å². The Hall–Kier alpha value is -1.73. The second-order valence-electron chi connectivity index (χ2n) is 8.31. The van der Waals surface area contributed by atoms with E-state index in [-0.39, 0.29) is 17.5 Å². The van der Waals surface area contributed by atoms with E-state index in [4.69, 9.17) is 4.98 Å². The second kappa shape index (κ2) is 6.71. The number of aryl methyl sites for hydroxylation is 2. The average Bonchev–Trinajstić information content (AvgIpc) is 3.04. The number of amides is 1. The molecule has 2 unspecified atom stereocenters. The van der Waals surface area contributed by atoms with E-state index in [0.29, 0.717) is 22.3 Å². The predicted molar refractivity (Wildman–Crippen MR) is 107 cm³/mol. The zero-order chi connectivity index (χ0) is 18.5. The molecular formula is C20H26N4O2S. The maximum absolute atomic E-state index is 13.1. The topological polar surface area (TPSA) is 76.0 Å². The lowest BCUT2D eigenvalue weighted by atomic mass is 9.99. The van der Waals surface area contributed by atoms with Crippen LogP contribution in [0.15, 0.2) is 4.79 Å². The van der Waals surface area contributed by atoms with Gasteiger partial charge < -0.3 is 10.6 Å². The van der Waals surface area contributed by atoms with Gasteiger partial charge in [-0.05, 0) is 51.0 Å². The molecule has 0 radical (unpaired) electrons. The maximum Gasteiger partial charge on any atom is 0.262 e. The van der Waals surface area contributed by atoms with Crippen molar-refractivity contribution in [1.82, 2.24) is 20.2 Å². The van der Waals surface area contributed by atoms with Crippen LogP contribution >= 0.6 is 11.3 Å². The monoisotopic (exact) mass is 386 g/mol. The van der Waals surface area contributed by atoms with Crippen molar-refractivity contribution in [3.05, 3.63) is 26.6 Å². The Morgan fingerprint density at radius 1 is 1.22 bits per heavy atom. The fourth-order valence-corrected chi connectivity index (χ4v) is 6.15. The first-order valence-electron chi connectivity index (χ1n) is 10.2. The van der Waals surface area contributed by atoms with E-state index in [1.54, 1.807) is 0 Å². The number of nitrogens with one attached hydrogen (secondary N) is 2. The first kappa shape index (κ1) is 17.4. The Labute approximate surface area is 162 Å². The van der Waals surface area contributed by atoms with Gasteiger partial charge in [0.05, 0.1) is 10.3 Å². The van der Waals surface area contributed by atoms with Crippen LogP contribution in [-0.2, 0) is 13.0 Å². The average molecular weight is 387 g/mol.